The van der Waals surface area contributed by atoms with Gasteiger partial charge in [0.25, 0.3) is 0 Å². The van der Waals surface area contributed by atoms with Crippen molar-refractivity contribution in [1.82, 2.24) is 15.1 Å². The molecule has 0 aliphatic heterocycles. The molecule has 1 aliphatic carbocycles. The van der Waals surface area contributed by atoms with E-state index in [2.05, 4.69) is 27.5 Å². The van der Waals surface area contributed by atoms with Gasteiger partial charge < -0.3 is 10.1 Å². The van der Waals surface area contributed by atoms with E-state index in [0.717, 1.165) is 42.4 Å². The zero-order valence-corrected chi connectivity index (χ0v) is 11.3. The van der Waals surface area contributed by atoms with Crippen LogP contribution >= 0.6 is 11.3 Å². The zero-order chi connectivity index (χ0) is 12.1. The predicted molar refractivity (Wildman–Crippen MR) is 69.3 cm³/mol. The topological polar surface area (TPSA) is 50.3 Å². The van der Waals surface area contributed by atoms with Crippen LogP contribution in [0.1, 0.15) is 17.8 Å². The molecule has 0 saturated heterocycles. The van der Waals surface area contributed by atoms with E-state index in [0.29, 0.717) is 0 Å². The summed E-state index contributed by atoms with van der Waals surface area (Å²) in [5.74, 6) is 0.849. The molecule has 1 heterocycles. The van der Waals surface area contributed by atoms with Crippen LogP contribution < -0.4 is 5.32 Å². The van der Waals surface area contributed by atoms with Crippen molar-refractivity contribution in [2.24, 2.45) is 5.92 Å². The average Bonchev–Trinajstić information content (AvgIpc) is 3.04. The molecule has 0 radical (unpaired) electrons. The van der Waals surface area contributed by atoms with E-state index in [1.54, 1.807) is 11.3 Å². The Morgan fingerprint density at radius 2 is 2.29 bits per heavy atom. The Kier molecular flexibility index (Phi) is 4.70. The molecule has 2 rings (SSSR count). The lowest BCUT2D eigenvalue weighted by molar-refractivity contribution is 0.102. The third-order valence-corrected chi connectivity index (χ3v) is 3.68. The molecule has 17 heavy (non-hydrogen) atoms. The molecule has 1 N–H and O–H groups in total. The van der Waals surface area contributed by atoms with Gasteiger partial charge in [0.2, 0.25) is 5.13 Å². The fourth-order valence-corrected chi connectivity index (χ4v) is 2.26. The van der Waals surface area contributed by atoms with E-state index in [4.69, 9.17) is 4.74 Å². The zero-order valence-electron chi connectivity index (χ0n) is 10.5. The fourth-order valence-electron chi connectivity index (χ4n) is 1.48. The summed E-state index contributed by atoms with van der Waals surface area (Å²) < 4.78 is 5.61. The van der Waals surface area contributed by atoms with Gasteiger partial charge >= 0.3 is 0 Å². The molecule has 96 valence electrons. The third-order valence-electron chi connectivity index (χ3n) is 2.75. The monoisotopic (exact) mass is 256 g/mol. The van der Waals surface area contributed by atoms with Crippen LogP contribution in [0.2, 0.25) is 0 Å². The number of hydrogen-bond donors (Lipinski definition) is 1. The molecule has 0 unspecified atom stereocenters. The van der Waals surface area contributed by atoms with E-state index in [-0.39, 0.29) is 0 Å². The fraction of sp³-hybridized carbons (Fsp3) is 0.818. The summed E-state index contributed by atoms with van der Waals surface area (Å²) in [6.07, 6.45) is 2.71. The molecule has 6 heteroatoms. The van der Waals surface area contributed by atoms with Crippen LogP contribution in [0.5, 0.6) is 0 Å². The minimum atomic E-state index is 0.810. The van der Waals surface area contributed by atoms with Crippen molar-refractivity contribution in [3.63, 3.8) is 0 Å². The first-order valence-corrected chi connectivity index (χ1v) is 6.86. The Hall–Kier alpha value is -0.720. The predicted octanol–water partition coefficient (Wildman–Crippen LogP) is 1.44. The van der Waals surface area contributed by atoms with Gasteiger partial charge in [-0.05, 0) is 25.8 Å². The van der Waals surface area contributed by atoms with Crippen LogP contribution in [0, 0.1) is 5.92 Å². The first-order valence-electron chi connectivity index (χ1n) is 6.04. The lowest BCUT2D eigenvalue weighted by Gasteiger charge is -2.14. The molecule has 0 bridgehead atoms. The highest BCUT2D eigenvalue weighted by Gasteiger charge is 2.20. The first-order chi connectivity index (χ1) is 8.28. The molecule has 1 aromatic heterocycles. The first kappa shape index (κ1) is 12.7. The van der Waals surface area contributed by atoms with E-state index >= 15 is 0 Å². The maximum absolute atomic E-state index is 5.61. The van der Waals surface area contributed by atoms with E-state index in [9.17, 15) is 0 Å². The number of nitrogens with one attached hydrogen (secondary N) is 1. The molecule has 1 fully saturated rings. The SMILES string of the molecule is CNc1nnc(CN(C)CCOCC2CC2)s1. The van der Waals surface area contributed by atoms with Crippen molar-refractivity contribution < 1.29 is 4.74 Å². The van der Waals surface area contributed by atoms with Gasteiger partial charge in [-0.2, -0.15) is 0 Å². The molecule has 0 aromatic carbocycles. The van der Waals surface area contributed by atoms with Crippen LogP contribution in [0.15, 0.2) is 0 Å². The Morgan fingerprint density at radius 3 is 2.94 bits per heavy atom. The lowest BCUT2D eigenvalue weighted by Crippen LogP contribution is -2.23. The van der Waals surface area contributed by atoms with E-state index in [1.165, 1.54) is 12.8 Å². The smallest absolute Gasteiger partial charge is 0.205 e. The summed E-state index contributed by atoms with van der Waals surface area (Å²) in [4.78, 5) is 2.22. The second-order valence-corrected chi connectivity index (χ2v) is 5.57. The van der Waals surface area contributed by atoms with Crippen molar-refractivity contribution in [3.8, 4) is 0 Å². The van der Waals surface area contributed by atoms with Crippen molar-refractivity contribution in [2.75, 3.05) is 39.2 Å². The number of likely N-dealkylation sites (N-methyl/N-ethyl adjacent to an activating group) is 1. The maximum Gasteiger partial charge on any atom is 0.205 e. The summed E-state index contributed by atoms with van der Waals surface area (Å²) in [5.41, 5.74) is 0. The number of rotatable bonds is 8. The van der Waals surface area contributed by atoms with Gasteiger partial charge in [0.05, 0.1) is 13.2 Å². The highest BCUT2D eigenvalue weighted by Crippen LogP contribution is 2.28. The second-order valence-electron chi connectivity index (χ2n) is 4.51. The highest BCUT2D eigenvalue weighted by molar-refractivity contribution is 7.15. The number of ether oxygens (including phenoxy) is 1. The second kappa shape index (κ2) is 6.28. The highest BCUT2D eigenvalue weighted by atomic mass is 32.1. The Labute approximate surface area is 106 Å². The summed E-state index contributed by atoms with van der Waals surface area (Å²) in [7, 11) is 3.95. The number of nitrogens with zero attached hydrogens (tertiary/aromatic N) is 3. The van der Waals surface area contributed by atoms with Gasteiger partial charge in [0, 0.05) is 20.2 Å². The number of hydrogen-bond acceptors (Lipinski definition) is 6. The minimum absolute atomic E-state index is 0.810. The van der Waals surface area contributed by atoms with Gasteiger partial charge in [0.1, 0.15) is 5.01 Å². The van der Waals surface area contributed by atoms with E-state index in [1.807, 2.05) is 7.05 Å². The van der Waals surface area contributed by atoms with Crippen molar-refractivity contribution in [2.45, 2.75) is 19.4 Å². The quantitative estimate of drug-likeness (QED) is 0.713. The van der Waals surface area contributed by atoms with Gasteiger partial charge in [-0.25, -0.2) is 0 Å². The van der Waals surface area contributed by atoms with Gasteiger partial charge in [-0.3, -0.25) is 4.90 Å². The minimum Gasteiger partial charge on any atom is -0.380 e. The summed E-state index contributed by atoms with van der Waals surface area (Å²) in [6, 6.07) is 0. The summed E-state index contributed by atoms with van der Waals surface area (Å²) in [5, 5.41) is 13.0. The van der Waals surface area contributed by atoms with Crippen LogP contribution in [0.4, 0.5) is 5.13 Å². The van der Waals surface area contributed by atoms with E-state index < -0.39 is 0 Å². The van der Waals surface area contributed by atoms with Gasteiger partial charge in [-0.1, -0.05) is 11.3 Å². The Bertz CT molecular complexity index is 340. The maximum atomic E-state index is 5.61. The van der Waals surface area contributed by atoms with Crippen LogP contribution in [0.25, 0.3) is 0 Å². The molecule has 0 amide bonds. The van der Waals surface area contributed by atoms with Crippen molar-refractivity contribution in [1.29, 1.82) is 0 Å². The molecule has 0 spiro atoms. The van der Waals surface area contributed by atoms with Crippen molar-refractivity contribution >= 4 is 16.5 Å². The Balaban J connectivity index is 1.60. The third kappa shape index (κ3) is 4.57. The molecule has 1 aliphatic rings. The standard InChI is InChI=1S/C11H20N4OS/c1-12-11-14-13-10(17-11)7-15(2)5-6-16-8-9-3-4-9/h9H,3-8H2,1-2H3,(H,12,14). The summed E-state index contributed by atoms with van der Waals surface area (Å²) >= 11 is 1.60. The lowest BCUT2D eigenvalue weighted by atomic mass is 10.5. The van der Waals surface area contributed by atoms with Gasteiger partial charge in [0.15, 0.2) is 0 Å². The summed E-state index contributed by atoms with van der Waals surface area (Å²) in [6.45, 7) is 3.54. The average molecular weight is 256 g/mol. The molecule has 5 nitrogen and oxygen atoms in total. The molecular weight excluding hydrogens is 236 g/mol. The Morgan fingerprint density at radius 1 is 1.47 bits per heavy atom. The van der Waals surface area contributed by atoms with Crippen LogP contribution in [0.3, 0.4) is 0 Å². The van der Waals surface area contributed by atoms with Crippen LogP contribution in [-0.4, -0.2) is 49.0 Å². The molecular formula is C11H20N4OS. The molecule has 1 aromatic rings. The molecule has 0 atom stereocenters. The van der Waals surface area contributed by atoms with Gasteiger partial charge in [-0.15, -0.1) is 10.2 Å². The van der Waals surface area contributed by atoms with Crippen molar-refractivity contribution in [3.05, 3.63) is 5.01 Å². The largest absolute Gasteiger partial charge is 0.380 e. The normalized spacial score (nSPS) is 15.5. The number of aromatic nitrogens is 2. The number of anilines is 1. The molecule has 1 saturated carbocycles. The van der Waals surface area contributed by atoms with Crippen LogP contribution in [-0.2, 0) is 11.3 Å².